The monoisotopic (exact) mass is 269 g/mol. The first-order valence-electron chi connectivity index (χ1n) is 6.27. The maximum absolute atomic E-state index is 11.2. The summed E-state index contributed by atoms with van der Waals surface area (Å²) in [6, 6.07) is 11.4. The third-order valence-corrected chi connectivity index (χ3v) is 3.33. The van der Waals surface area contributed by atoms with E-state index in [2.05, 4.69) is 4.98 Å². The molecule has 0 bridgehead atoms. The number of anilines is 3. The molecule has 1 heterocycles. The summed E-state index contributed by atoms with van der Waals surface area (Å²) in [5.74, 6) is -0.449. The highest BCUT2D eigenvalue weighted by Gasteiger charge is 2.10. The van der Waals surface area contributed by atoms with E-state index >= 15 is 0 Å². The number of hydrogen-bond donors (Lipinski definition) is 2. The quantitative estimate of drug-likeness (QED) is 0.701. The predicted octanol–water partition coefficient (Wildman–Crippen LogP) is 2.78. The third-order valence-electron chi connectivity index (χ3n) is 3.33. The van der Waals surface area contributed by atoms with Crippen LogP contribution in [0.5, 0.6) is 0 Å². The molecule has 0 saturated carbocycles. The topological polar surface area (TPSA) is 75.3 Å². The van der Waals surface area contributed by atoms with Crippen LogP contribution >= 0.6 is 0 Å². The van der Waals surface area contributed by atoms with Crippen molar-refractivity contribution < 1.29 is 4.42 Å². The summed E-state index contributed by atoms with van der Waals surface area (Å²) in [5, 5.41) is 0. The van der Waals surface area contributed by atoms with Gasteiger partial charge in [0.15, 0.2) is 5.58 Å². The Hall–Kier alpha value is -2.69. The van der Waals surface area contributed by atoms with Gasteiger partial charge < -0.3 is 15.1 Å². The highest BCUT2D eigenvalue weighted by Crippen LogP contribution is 2.30. The first kappa shape index (κ1) is 12.3. The number of rotatable bonds is 2. The lowest BCUT2D eigenvalue weighted by Crippen LogP contribution is -2.11. The molecule has 5 nitrogen and oxygen atoms in total. The van der Waals surface area contributed by atoms with Gasteiger partial charge in [0.25, 0.3) is 0 Å². The molecule has 0 aliphatic heterocycles. The number of aromatic nitrogens is 1. The summed E-state index contributed by atoms with van der Waals surface area (Å²) in [6.45, 7) is 2.00. The van der Waals surface area contributed by atoms with E-state index in [0.717, 1.165) is 16.9 Å². The molecule has 0 aliphatic carbocycles. The van der Waals surface area contributed by atoms with E-state index in [-0.39, 0.29) is 0 Å². The van der Waals surface area contributed by atoms with Crippen LogP contribution in [0, 0.1) is 6.92 Å². The number of oxazole rings is 1. The van der Waals surface area contributed by atoms with E-state index in [9.17, 15) is 4.79 Å². The van der Waals surface area contributed by atoms with Crippen LogP contribution in [0.15, 0.2) is 45.6 Å². The molecule has 0 amide bonds. The van der Waals surface area contributed by atoms with Gasteiger partial charge in [0.05, 0.1) is 16.9 Å². The summed E-state index contributed by atoms with van der Waals surface area (Å²) < 4.78 is 4.99. The minimum Gasteiger partial charge on any atom is -0.408 e. The molecule has 0 atom stereocenters. The highest BCUT2D eigenvalue weighted by atomic mass is 16.4. The Bertz CT molecular complexity index is 832. The number of fused-ring (bicyclic) bond motifs is 1. The van der Waals surface area contributed by atoms with E-state index in [0.29, 0.717) is 16.8 Å². The molecule has 1 aromatic heterocycles. The summed E-state index contributed by atoms with van der Waals surface area (Å²) in [7, 11) is 1.93. The normalized spacial score (nSPS) is 10.9. The SMILES string of the molecule is Cc1ccc(N(C)c2ccc3oc(=O)[nH]c3c2)c(N)c1. The van der Waals surface area contributed by atoms with Gasteiger partial charge in [0, 0.05) is 12.7 Å². The van der Waals surface area contributed by atoms with Crippen molar-refractivity contribution in [2.45, 2.75) is 6.92 Å². The third kappa shape index (κ3) is 2.03. The Morgan fingerprint density at radius 3 is 2.75 bits per heavy atom. The second kappa shape index (κ2) is 4.45. The second-order valence-electron chi connectivity index (χ2n) is 4.82. The zero-order chi connectivity index (χ0) is 14.3. The highest BCUT2D eigenvalue weighted by molar-refractivity contribution is 5.81. The van der Waals surface area contributed by atoms with E-state index < -0.39 is 5.76 Å². The molecule has 3 rings (SSSR count). The van der Waals surface area contributed by atoms with Gasteiger partial charge in [-0.2, -0.15) is 0 Å². The minimum absolute atomic E-state index is 0.449. The number of hydrogen-bond acceptors (Lipinski definition) is 4. The lowest BCUT2D eigenvalue weighted by molar-refractivity contribution is 0.555. The van der Waals surface area contributed by atoms with E-state index in [1.54, 1.807) is 6.07 Å². The van der Waals surface area contributed by atoms with Crippen LogP contribution in [-0.4, -0.2) is 12.0 Å². The molecule has 0 fully saturated rings. The number of H-pyrrole nitrogens is 1. The van der Waals surface area contributed by atoms with Gasteiger partial charge in [-0.15, -0.1) is 0 Å². The molecule has 0 saturated heterocycles. The molecule has 102 valence electrons. The van der Waals surface area contributed by atoms with E-state index in [4.69, 9.17) is 10.2 Å². The fourth-order valence-electron chi connectivity index (χ4n) is 2.27. The van der Waals surface area contributed by atoms with Crippen LogP contribution in [0.25, 0.3) is 11.1 Å². The van der Waals surface area contributed by atoms with Crippen LogP contribution in [0.1, 0.15) is 5.56 Å². The largest absolute Gasteiger partial charge is 0.417 e. The van der Waals surface area contributed by atoms with Crippen LogP contribution < -0.4 is 16.4 Å². The van der Waals surface area contributed by atoms with Gasteiger partial charge in [0.2, 0.25) is 0 Å². The van der Waals surface area contributed by atoms with Crippen molar-refractivity contribution >= 4 is 28.2 Å². The van der Waals surface area contributed by atoms with Gasteiger partial charge in [0.1, 0.15) is 0 Å². The Kier molecular flexibility index (Phi) is 2.75. The molecule has 0 spiro atoms. The standard InChI is InChI=1S/C15H15N3O2/c1-9-3-5-13(11(16)7-9)18(2)10-4-6-14-12(8-10)17-15(19)20-14/h3-8H,16H2,1-2H3,(H,17,19). The van der Waals surface area contributed by atoms with Crippen molar-refractivity contribution in [2.24, 2.45) is 0 Å². The van der Waals surface area contributed by atoms with Crippen LogP contribution in [-0.2, 0) is 0 Å². The van der Waals surface area contributed by atoms with Crippen LogP contribution in [0.4, 0.5) is 17.1 Å². The maximum atomic E-state index is 11.2. The zero-order valence-electron chi connectivity index (χ0n) is 11.3. The zero-order valence-corrected chi connectivity index (χ0v) is 11.3. The van der Waals surface area contributed by atoms with Crippen molar-refractivity contribution in [2.75, 3.05) is 17.7 Å². The molecule has 3 aromatic rings. The van der Waals surface area contributed by atoms with Crippen molar-refractivity contribution in [1.82, 2.24) is 4.98 Å². The fraction of sp³-hybridized carbons (Fsp3) is 0.133. The number of nitrogens with zero attached hydrogens (tertiary/aromatic N) is 1. The predicted molar refractivity (Wildman–Crippen MR) is 80.5 cm³/mol. The molecule has 20 heavy (non-hydrogen) atoms. The first-order chi connectivity index (χ1) is 9.54. The molecule has 3 N–H and O–H groups in total. The summed E-state index contributed by atoms with van der Waals surface area (Å²) in [5.41, 5.74) is 10.9. The van der Waals surface area contributed by atoms with Crippen molar-refractivity contribution in [3.8, 4) is 0 Å². The average Bonchev–Trinajstić information content (AvgIpc) is 2.77. The number of aromatic amines is 1. The second-order valence-corrected chi connectivity index (χ2v) is 4.82. The molecule has 0 aliphatic rings. The number of nitrogens with two attached hydrogens (primary N) is 1. The van der Waals surface area contributed by atoms with Gasteiger partial charge >= 0.3 is 5.76 Å². The molecule has 2 aromatic carbocycles. The number of benzene rings is 2. The van der Waals surface area contributed by atoms with Crippen molar-refractivity contribution in [1.29, 1.82) is 0 Å². The average molecular weight is 269 g/mol. The van der Waals surface area contributed by atoms with Crippen molar-refractivity contribution in [3.05, 3.63) is 52.5 Å². The lowest BCUT2D eigenvalue weighted by atomic mass is 10.1. The Labute approximate surface area is 115 Å². The molecule has 0 radical (unpaired) electrons. The minimum atomic E-state index is -0.449. The summed E-state index contributed by atoms with van der Waals surface area (Å²) >= 11 is 0. The number of nitrogen functional groups attached to an aromatic ring is 1. The van der Waals surface area contributed by atoms with Gasteiger partial charge in [-0.3, -0.25) is 4.98 Å². The fourth-order valence-corrected chi connectivity index (χ4v) is 2.27. The molecular weight excluding hydrogens is 254 g/mol. The Morgan fingerprint density at radius 1 is 1.20 bits per heavy atom. The van der Waals surface area contributed by atoms with Crippen molar-refractivity contribution in [3.63, 3.8) is 0 Å². The van der Waals surface area contributed by atoms with Gasteiger partial charge in [-0.25, -0.2) is 4.79 Å². The summed E-state index contributed by atoms with van der Waals surface area (Å²) in [6.07, 6.45) is 0. The summed E-state index contributed by atoms with van der Waals surface area (Å²) in [4.78, 5) is 15.8. The van der Waals surface area contributed by atoms with Gasteiger partial charge in [-0.1, -0.05) is 6.07 Å². The van der Waals surface area contributed by atoms with Gasteiger partial charge in [-0.05, 0) is 42.8 Å². The molecule has 5 heteroatoms. The van der Waals surface area contributed by atoms with E-state index in [1.165, 1.54) is 0 Å². The van der Waals surface area contributed by atoms with Crippen LogP contribution in [0.3, 0.4) is 0 Å². The first-order valence-corrected chi connectivity index (χ1v) is 6.27. The number of nitrogens with one attached hydrogen (secondary N) is 1. The Morgan fingerprint density at radius 2 is 2.00 bits per heavy atom. The lowest BCUT2D eigenvalue weighted by Gasteiger charge is -2.21. The molecule has 0 unspecified atom stereocenters. The number of aryl methyl sites for hydroxylation is 1. The van der Waals surface area contributed by atoms with Crippen LogP contribution in [0.2, 0.25) is 0 Å². The maximum Gasteiger partial charge on any atom is 0.417 e. The smallest absolute Gasteiger partial charge is 0.408 e. The molecular formula is C15H15N3O2. The van der Waals surface area contributed by atoms with E-state index in [1.807, 2.05) is 49.2 Å². The Balaban J connectivity index is 2.06.